The van der Waals surface area contributed by atoms with E-state index in [0.29, 0.717) is 17.5 Å². The minimum absolute atomic E-state index is 0.0461. The lowest BCUT2D eigenvalue weighted by atomic mass is 10.1. The van der Waals surface area contributed by atoms with Gasteiger partial charge in [0.1, 0.15) is 4.99 Å². The first kappa shape index (κ1) is 15.9. The third kappa shape index (κ3) is 4.51. The van der Waals surface area contributed by atoms with Crippen molar-refractivity contribution in [3.05, 3.63) is 29.8 Å². The number of rotatable bonds is 5. The van der Waals surface area contributed by atoms with Gasteiger partial charge in [-0.05, 0) is 43.5 Å². The van der Waals surface area contributed by atoms with Crippen LogP contribution in [0.1, 0.15) is 32.3 Å². The van der Waals surface area contributed by atoms with Gasteiger partial charge in [0.05, 0.1) is 0 Å². The number of likely N-dealkylation sites (tertiary alicyclic amines) is 1. The molecular weight excluding hydrogens is 282 g/mol. The van der Waals surface area contributed by atoms with Crippen molar-refractivity contribution in [2.45, 2.75) is 32.7 Å². The molecule has 114 valence electrons. The lowest BCUT2D eigenvalue weighted by molar-refractivity contribution is -0.116. The van der Waals surface area contributed by atoms with Gasteiger partial charge in [-0.1, -0.05) is 19.1 Å². The molecule has 21 heavy (non-hydrogen) atoms. The van der Waals surface area contributed by atoms with Crippen LogP contribution in [-0.4, -0.2) is 34.9 Å². The second-order valence-corrected chi connectivity index (χ2v) is 6.36. The number of amides is 1. The maximum Gasteiger partial charge on any atom is 0.225 e. The summed E-state index contributed by atoms with van der Waals surface area (Å²) in [7, 11) is 0. The average molecular weight is 305 g/mol. The number of hydrogen-bond donors (Lipinski definition) is 2. The Labute approximate surface area is 131 Å². The molecule has 1 aromatic rings. The van der Waals surface area contributed by atoms with Crippen molar-refractivity contribution in [3.8, 4) is 0 Å². The third-order valence-corrected chi connectivity index (χ3v) is 4.23. The summed E-state index contributed by atoms with van der Waals surface area (Å²) >= 11 is 4.90. The van der Waals surface area contributed by atoms with Crippen molar-refractivity contribution in [1.82, 2.24) is 4.90 Å². The van der Waals surface area contributed by atoms with E-state index < -0.39 is 0 Å². The summed E-state index contributed by atoms with van der Waals surface area (Å²) in [6.07, 6.45) is 1.75. The van der Waals surface area contributed by atoms with Gasteiger partial charge in [0.2, 0.25) is 5.91 Å². The van der Waals surface area contributed by atoms with Gasteiger partial charge in [0, 0.05) is 36.8 Å². The number of anilines is 1. The molecule has 2 rings (SSSR count). The first-order valence-electron chi connectivity index (χ1n) is 7.39. The number of nitrogens with one attached hydrogen (secondary N) is 1. The smallest absolute Gasteiger partial charge is 0.225 e. The summed E-state index contributed by atoms with van der Waals surface area (Å²) in [5.41, 5.74) is 7.13. The van der Waals surface area contributed by atoms with Crippen LogP contribution < -0.4 is 11.1 Å². The Morgan fingerprint density at radius 1 is 1.38 bits per heavy atom. The predicted molar refractivity (Wildman–Crippen MR) is 90.4 cm³/mol. The lowest BCUT2D eigenvalue weighted by Crippen LogP contribution is -2.30. The summed E-state index contributed by atoms with van der Waals surface area (Å²) < 4.78 is 0. The number of nitrogens with zero attached hydrogens (tertiary/aromatic N) is 1. The second-order valence-electron chi connectivity index (χ2n) is 5.92. The van der Waals surface area contributed by atoms with Gasteiger partial charge in [-0.2, -0.15) is 0 Å². The highest BCUT2D eigenvalue weighted by Crippen LogP contribution is 2.22. The van der Waals surface area contributed by atoms with Gasteiger partial charge in [-0.25, -0.2) is 0 Å². The number of thiocarbonyl (C=S) groups is 1. The van der Waals surface area contributed by atoms with Crippen LogP contribution in [0, 0.1) is 5.92 Å². The van der Waals surface area contributed by atoms with E-state index in [0.717, 1.165) is 30.3 Å². The molecule has 0 spiro atoms. The van der Waals surface area contributed by atoms with E-state index in [2.05, 4.69) is 24.1 Å². The van der Waals surface area contributed by atoms with E-state index in [1.54, 1.807) is 0 Å². The molecule has 1 aliphatic heterocycles. The van der Waals surface area contributed by atoms with Gasteiger partial charge in [-0.3, -0.25) is 9.69 Å². The number of benzene rings is 1. The van der Waals surface area contributed by atoms with Crippen molar-refractivity contribution in [3.63, 3.8) is 0 Å². The van der Waals surface area contributed by atoms with E-state index in [9.17, 15) is 4.79 Å². The van der Waals surface area contributed by atoms with E-state index in [1.165, 1.54) is 6.42 Å². The van der Waals surface area contributed by atoms with Crippen LogP contribution in [0.3, 0.4) is 0 Å². The zero-order valence-electron chi connectivity index (χ0n) is 12.6. The quantitative estimate of drug-likeness (QED) is 0.820. The fraction of sp³-hybridized carbons (Fsp3) is 0.500. The summed E-state index contributed by atoms with van der Waals surface area (Å²) in [5.74, 6) is 0.778. The maximum atomic E-state index is 12.0. The molecule has 0 aliphatic carbocycles. The molecule has 1 aliphatic rings. The van der Waals surface area contributed by atoms with Crippen molar-refractivity contribution in [1.29, 1.82) is 0 Å². The molecule has 1 saturated heterocycles. The van der Waals surface area contributed by atoms with Crippen LogP contribution in [-0.2, 0) is 4.79 Å². The Bertz CT molecular complexity index is 515. The van der Waals surface area contributed by atoms with Crippen LogP contribution in [0.2, 0.25) is 0 Å². The molecular formula is C16H23N3OS. The van der Waals surface area contributed by atoms with Gasteiger partial charge < -0.3 is 11.1 Å². The second kappa shape index (κ2) is 7.00. The molecule has 2 atom stereocenters. The molecule has 1 aromatic carbocycles. The first-order valence-corrected chi connectivity index (χ1v) is 7.80. The minimum atomic E-state index is 0.0461. The highest BCUT2D eigenvalue weighted by Gasteiger charge is 2.25. The minimum Gasteiger partial charge on any atom is -0.389 e. The molecule has 1 amide bonds. The van der Waals surface area contributed by atoms with Crippen LogP contribution in [0.4, 0.5) is 5.69 Å². The van der Waals surface area contributed by atoms with E-state index in [4.69, 9.17) is 18.0 Å². The number of carbonyl (C=O) groups excluding carboxylic acids is 1. The molecule has 1 heterocycles. The van der Waals surface area contributed by atoms with Gasteiger partial charge in [0.15, 0.2) is 0 Å². The Morgan fingerprint density at radius 2 is 2.05 bits per heavy atom. The molecule has 4 nitrogen and oxygen atoms in total. The van der Waals surface area contributed by atoms with E-state index >= 15 is 0 Å². The zero-order chi connectivity index (χ0) is 15.4. The zero-order valence-corrected chi connectivity index (χ0v) is 13.5. The van der Waals surface area contributed by atoms with E-state index in [1.807, 2.05) is 24.3 Å². The van der Waals surface area contributed by atoms with Crippen molar-refractivity contribution in [2.24, 2.45) is 11.7 Å². The lowest BCUT2D eigenvalue weighted by Gasteiger charge is -2.20. The van der Waals surface area contributed by atoms with Crippen LogP contribution in [0.5, 0.6) is 0 Å². The SMILES string of the molecule is CC1CC(C)N(CCC(=O)Nc2ccc(C(N)=S)cc2)C1. The van der Waals surface area contributed by atoms with Crippen LogP contribution in [0.25, 0.3) is 0 Å². The molecule has 0 saturated carbocycles. The maximum absolute atomic E-state index is 12.0. The fourth-order valence-electron chi connectivity index (χ4n) is 2.88. The largest absolute Gasteiger partial charge is 0.389 e. The van der Waals surface area contributed by atoms with Gasteiger partial charge in [-0.15, -0.1) is 0 Å². The topological polar surface area (TPSA) is 58.4 Å². The standard InChI is InChI=1S/C16H23N3OS/c1-11-9-12(2)19(10-11)8-7-15(20)18-14-5-3-13(4-6-14)16(17)21/h3-6,11-12H,7-10H2,1-2H3,(H2,17,21)(H,18,20). The Kier molecular flexibility index (Phi) is 5.31. The number of nitrogens with two attached hydrogens (primary N) is 1. The van der Waals surface area contributed by atoms with Crippen LogP contribution in [0.15, 0.2) is 24.3 Å². The highest BCUT2D eigenvalue weighted by molar-refractivity contribution is 7.80. The van der Waals surface area contributed by atoms with Crippen molar-refractivity contribution < 1.29 is 4.79 Å². The van der Waals surface area contributed by atoms with E-state index in [-0.39, 0.29) is 5.91 Å². The summed E-state index contributed by atoms with van der Waals surface area (Å²) in [5, 5.41) is 2.91. The normalized spacial score (nSPS) is 22.2. The van der Waals surface area contributed by atoms with Crippen molar-refractivity contribution >= 4 is 28.8 Å². The summed E-state index contributed by atoms with van der Waals surface area (Å²) in [6.45, 7) is 6.41. The Morgan fingerprint density at radius 3 is 2.57 bits per heavy atom. The number of hydrogen-bond acceptors (Lipinski definition) is 3. The summed E-state index contributed by atoms with van der Waals surface area (Å²) in [4.78, 5) is 14.7. The average Bonchev–Trinajstić information content (AvgIpc) is 2.75. The molecule has 0 bridgehead atoms. The molecule has 1 fully saturated rings. The first-order chi connectivity index (χ1) is 9.95. The number of carbonyl (C=O) groups is 1. The van der Waals surface area contributed by atoms with Gasteiger partial charge >= 0.3 is 0 Å². The van der Waals surface area contributed by atoms with Crippen molar-refractivity contribution in [2.75, 3.05) is 18.4 Å². The Balaban J connectivity index is 1.80. The summed E-state index contributed by atoms with van der Waals surface area (Å²) in [6, 6.07) is 7.88. The highest BCUT2D eigenvalue weighted by atomic mass is 32.1. The molecule has 3 N–H and O–H groups in total. The fourth-order valence-corrected chi connectivity index (χ4v) is 3.02. The monoisotopic (exact) mass is 305 g/mol. The third-order valence-electron chi connectivity index (χ3n) is 3.99. The predicted octanol–water partition coefficient (Wildman–Crippen LogP) is 2.38. The molecule has 2 unspecified atom stereocenters. The molecule has 5 heteroatoms. The van der Waals surface area contributed by atoms with Gasteiger partial charge in [0.25, 0.3) is 0 Å². The molecule has 0 radical (unpaired) electrons. The molecule has 0 aromatic heterocycles. The Hall–Kier alpha value is -1.46. The van der Waals surface area contributed by atoms with Crippen LogP contribution >= 0.6 is 12.2 Å².